The summed E-state index contributed by atoms with van der Waals surface area (Å²) in [6.07, 6.45) is -4.38. The van der Waals surface area contributed by atoms with Gasteiger partial charge in [0.15, 0.2) is 0 Å². The van der Waals surface area contributed by atoms with E-state index in [1.165, 1.54) is 18.2 Å². The van der Waals surface area contributed by atoms with Gasteiger partial charge in [0.05, 0.1) is 5.56 Å². The lowest BCUT2D eigenvalue weighted by Crippen LogP contribution is -2.06. The van der Waals surface area contributed by atoms with Crippen LogP contribution in [0.3, 0.4) is 0 Å². The first-order valence-corrected chi connectivity index (χ1v) is 6.83. The molecule has 0 saturated heterocycles. The van der Waals surface area contributed by atoms with E-state index in [4.69, 9.17) is 5.11 Å². The van der Waals surface area contributed by atoms with Gasteiger partial charge in [0.25, 0.3) is 0 Å². The first-order chi connectivity index (χ1) is 9.77. The third-order valence-electron chi connectivity index (χ3n) is 2.90. The van der Waals surface area contributed by atoms with Crippen molar-refractivity contribution >= 4 is 23.0 Å². The van der Waals surface area contributed by atoms with E-state index in [-0.39, 0.29) is 11.4 Å². The minimum atomic E-state index is -4.38. The molecule has 0 aliphatic rings. The summed E-state index contributed by atoms with van der Waals surface area (Å²) in [6.45, 7) is 2.05. The maximum absolute atomic E-state index is 12.6. The second-order valence-electron chi connectivity index (χ2n) is 4.43. The van der Waals surface area contributed by atoms with Gasteiger partial charge in [-0.15, -0.1) is 11.3 Å². The Hall–Kier alpha value is -2.02. The summed E-state index contributed by atoms with van der Waals surface area (Å²) in [5, 5.41) is 11.8. The topological polar surface area (TPSA) is 49.3 Å². The molecule has 2 rings (SSSR count). The Morgan fingerprint density at radius 3 is 2.62 bits per heavy atom. The van der Waals surface area contributed by atoms with Gasteiger partial charge in [0.2, 0.25) is 0 Å². The van der Waals surface area contributed by atoms with Gasteiger partial charge in [-0.1, -0.05) is 6.07 Å². The smallest absolute Gasteiger partial charge is 0.416 e. The molecule has 3 nitrogen and oxygen atoms in total. The van der Waals surface area contributed by atoms with Crippen molar-refractivity contribution in [1.82, 2.24) is 0 Å². The molecule has 21 heavy (non-hydrogen) atoms. The van der Waals surface area contributed by atoms with Gasteiger partial charge >= 0.3 is 12.1 Å². The highest BCUT2D eigenvalue weighted by Gasteiger charge is 2.30. The molecule has 0 aliphatic heterocycles. The third-order valence-corrected chi connectivity index (χ3v) is 3.98. The van der Waals surface area contributed by atoms with Crippen molar-refractivity contribution in [2.24, 2.45) is 0 Å². The first kappa shape index (κ1) is 15.4. The molecule has 1 heterocycles. The number of benzene rings is 1. The molecule has 1 aromatic carbocycles. The summed E-state index contributed by atoms with van der Waals surface area (Å²) in [4.78, 5) is 11.9. The van der Waals surface area contributed by atoms with Crippen molar-refractivity contribution in [3.63, 3.8) is 0 Å². The number of carboxylic acid groups (broad SMARTS) is 1. The van der Waals surface area contributed by atoms with Gasteiger partial charge in [0.1, 0.15) is 4.88 Å². The molecule has 2 N–H and O–H groups in total. The number of carboxylic acids is 1. The van der Waals surface area contributed by atoms with Crippen LogP contribution >= 0.6 is 11.3 Å². The molecule has 0 unspecified atom stereocenters. The van der Waals surface area contributed by atoms with Crippen molar-refractivity contribution in [1.29, 1.82) is 0 Å². The number of nitrogens with one attached hydrogen (secondary N) is 1. The van der Waals surface area contributed by atoms with E-state index >= 15 is 0 Å². The van der Waals surface area contributed by atoms with E-state index in [0.29, 0.717) is 5.69 Å². The number of anilines is 1. The van der Waals surface area contributed by atoms with Crippen LogP contribution in [-0.4, -0.2) is 11.1 Å². The Kier molecular flexibility index (Phi) is 4.22. The summed E-state index contributed by atoms with van der Waals surface area (Å²) < 4.78 is 37.8. The first-order valence-electron chi connectivity index (χ1n) is 6.01. The van der Waals surface area contributed by atoms with Crippen LogP contribution in [0, 0.1) is 6.92 Å². The predicted octanol–water partition coefficient (Wildman–Crippen LogP) is 4.39. The van der Waals surface area contributed by atoms with Crippen molar-refractivity contribution in [2.45, 2.75) is 19.6 Å². The van der Waals surface area contributed by atoms with Gasteiger partial charge in [0, 0.05) is 17.1 Å². The maximum Gasteiger partial charge on any atom is 0.416 e. The molecule has 0 atom stereocenters. The third kappa shape index (κ3) is 3.75. The highest BCUT2D eigenvalue weighted by molar-refractivity contribution is 7.14. The zero-order valence-electron chi connectivity index (χ0n) is 11.0. The van der Waals surface area contributed by atoms with Crippen LogP contribution in [0.15, 0.2) is 30.3 Å². The number of carbonyl (C=O) groups is 1. The van der Waals surface area contributed by atoms with Crippen LogP contribution in [0.1, 0.15) is 25.7 Å². The fourth-order valence-corrected chi connectivity index (χ4v) is 2.68. The summed E-state index contributed by atoms with van der Waals surface area (Å²) in [7, 11) is 0. The van der Waals surface area contributed by atoms with Crippen molar-refractivity contribution < 1.29 is 23.1 Å². The van der Waals surface area contributed by atoms with Gasteiger partial charge in [-0.05, 0) is 36.8 Å². The molecular weight excluding hydrogens is 303 g/mol. The molecular formula is C14H12F3NO2S. The fourth-order valence-electron chi connectivity index (χ4n) is 1.80. The van der Waals surface area contributed by atoms with Crippen LogP contribution in [0.4, 0.5) is 18.9 Å². The number of hydrogen-bond acceptors (Lipinski definition) is 3. The minimum Gasteiger partial charge on any atom is -0.477 e. The summed E-state index contributed by atoms with van der Waals surface area (Å²) in [5.74, 6) is -1.01. The van der Waals surface area contributed by atoms with Crippen LogP contribution in [0.5, 0.6) is 0 Å². The maximum atomic E-state index is 12.6. The Bertz CT molecular complexity index is 664. The number of alkyl halides is 3. The van der Waals surface area contributed by atoms with Crippen LogP contribution < -0.4 is 5.32 Å². The molecule has 0 radical (unpaired) electrons. The Morgan fingerprint density at radius 1 is 1.33 bits per heavy atom. The number of hydrogen-bond donors (Lipinski definition) is 2. The number of rotatable bonds is 4. The molecule has 0 amide bonds. The molecule has 2 aromatic rings. The van der Waals surface area contributed by atoms with E-state index in [1.54, 1.807) is 6.92 Å². The molecule has 0 fully saturated rings. The van der Waals surface area contributed by atoms with Crippen molar-refractivity contribution in [3.8, 4) is 0 Å². The van der Waals surface area contributed by atoms with Crippen molar-refractivity contribution in [3.05, 3.63) is 51.2 Å². The second kappa shape index (κ2) is 5.77. The summed E-state index contributed by atoms with van der Waals surface area (Å²) >= 11 is 1.15. The summed E-state index contributed by atoms with van der Waals surface area (Å²) in [5.41, 5.74) is 0.378. The Balaban J connectivity index is 2.12. The lowest BCUT2D eigenvalue weighted by Gasteiger charge is -2.10. The normalized spacial score (nSPS) is 11.4. The monoisotopic (exact) mass is 315 g/mol. The number of aryl methyl sites for hydroxylation is 1. The average molecular weight is 315 g/mol. The zero-order chi connectivity index (χ0) is 15.6. The highest BCUT2D eigenvalue weighted by atomic mass is 32.1. The van der Waals surface area contributed by atoms with Gasteiger partial charge in [-0.3, -0.25) is 0 Å². The van der Waals surface area contributed by atoms with E-state index in [9.17, 15) is 18.0 Å². The SMILES string of the molecule is Cc1sc(C(=O)O)cc1CNc1cccc(C(F)(F)F)c1. The quantitative estimate of drug-likeness (QED) is 0.880. The van der Waals surface area contributed by atoms with Crippen molar-refractivity contribution in [2.75, 3.05) is 5.32 Å². The second-order valence-corrected chi connectivity index (χ2v) is 5.69. The zero-order valence-corrected chi connectivity index (χ0v) is 11.8. The number of aromatic carboxylic acids is 1. The fraction of sp³-hybridized carbons (Fsp3) is 0.214. The molecule has 0 spiro atoms. The van der Waals surface area contributed by atoms with E-state index < -0.39 is 17.7 Å². The van der Waals surface area contributed by atoms with Crippen LogP contribution in [-0.2, 0) is 12.7 Å². The Morgan fingerprint density at radius 2 is 2.05 bits per heavy atom. The van der Waals surface area contributed by atoms with Gasteiger partial charge in [-0.2, -0.15) is 13.2 Å². The Labute approximate surface area is 123 Å². The van der Waals surface area contributed by atoms with E-state index in [2.05, 4.69) is 5.32 Å². The lowest BCUT2D eigenvalue weighted by molar-refractivity contribution is -0.137. The number of halogens is 3. The minimum absolute atomic E-state index is 0.216. The van der Waals surface area contributed by atoms with Crippen LogP contribution in [0.25, 0.3) is 0 Å². The van der Waals surface area contributed by atoms with Gasteiger partial charge in [-0.25, -0.2) is 4.79 Å². The predicted molar refractivity (Wildman–Crippen MR) is 74.8 cm³/mol. The molecule has 0 aliphatic carbocycles. The standard InChI is InChI=1S/C14H12F3NO2S/c1-8-9(5-12(21-8)13(19)20)7-18-11-4-2-3-10(6-11)14(15,16)17/h2-6,18H,7H2,1H3,(H,19,20). The van der Waals surface area contributed by atoms with E-state index in [1.807, 2.05) is 0 Å². The molecule has 112 valence electrons. The average Bonchev–Trinajstić information content (AvgIpc) is 2.77. The highest BCUT2D eigenvalue weighted by Crippen LogP contribution is 2.31. The largest absolute Gasteiger partial charge is 0.477 e. The molecule has 0 saturated carbocycles. The summed E-state index contributed by atoms with van der Waals surface area (Å²) in [6, 6.07) is 6.43. The van der Waals surface area contributed by atoms with Gasteiger partial charge < -0.3 is 10.4 Å². The van der Waals surface area contributed by atoms with Crippen LogP contribution in [0.2, 0.25) is 0 Å². The lowest BCUT2D eigenvalue weighted by atomic mass is 10.2. The van der Waals surface area contributed by atoms with E-state index in [0.717, 1.165) is 33.9 Å². The number of thiophene rings is 1. The molecule has 7 heteroatoms. The molecule has 0 bridgehead atoms. The molecule has 1 aromatic heterocycles.